The Morgan fingerprint density at radius 2 is 2.05 bits per heavy atom. The molecule has 20 heavy (non-hydrogen) atoms. The lowest BCUT2D eigenvalue weighted by Crippen LogP contribution is -2.36. The Bertz CT molecular complexity index is 575. The topological polar surface area (TPSA) is 34.4 Å². The summed E-state index contributed by atoms with van der Waals surface area (Å²) in [6, 6.07) is 8.44. The number of rotatable bonds is 4. The second-order valence-corrected chi connectivity index (χ2v) is 5.81. The highest BCUT2D eigenvalue weighted by Gasteiger charge is 2.21. The van der Waals surface area contributed by atoms with Crippen LogP contribution in [0.15, 0.2) is 28.7 Å². The van der Waals surface area contributed by atoms with E-state index in [1.807, 2.05) is 18.2 Å². The summed E-state index contributed by atoms with van der Waals surface area (Å²) in [4.78, 5) is 0. The van der Waals surface area contributed by atoms with Gasteiger partial charge in [-0.25, -0.2) is 0 Å². The zero-order valence-electron chi connectivity index (χ0n) is 11.7. The van der Waals surface area contributed by atoms with Crippen LogP contribution in [0.5, 0.6) is 0 Å². The fourth-order valence-corrected chi connectivity index (χ4v) is 3.13. The molecule has 0 spiro atoms. The molecule has 1 aromatic carbocycles. The number of fused-ring (bicyclic) bond motifs is 1. The van der Waals surface area contributed by atoms with Crippen LogP contribution in [0.1, 0.15) is 25.3 Å². The van der Waals surface area contributed by atoms with Gasteiger partial charge in [-0.05, 0) is 43.4 Å². The van der Waals surface area contributed by atoms with Gasteiger partial charge in [0.15, 0.2) is 5.22 Å². The summed E-state index contributed by atoms with van der Waals surface area (Å²) in [7, 11) is 0. The zero-order valence-corrected chi connectivity index (χ0v) is 12.5. The molecule has 0 aliphatic carbocycles. The van der Waals surface area contributed by atoms with Gasteiger partial charge in [-0.1, -0.05) is 18.2 Å². The van der Waals surface area contributed by atoms with Crippen molar-refractivity contribution in [1.29, 1.82) is 0 Å². The maximum atomic E-state index is 6.21. The third kappa shape index (κ3) is 2.85. The summed E-state index contributed by atoms with van der Waals surface area (Å²) >= 11 is 6.21. The Morgan fingerprint density at radius 1 is 1.30 bits per heavy atom. The minimum Gasteiger partial charge on any atom is -0.444 e. The minimum atomic E-state index is 0.462. The van der Waals surface area contributed by atoms with E-state index < -0.39 is 0 Å². The van der Waals surface area contributed by atoms with Crippen LogP contribution < -0.4 is 5.32 Å². The van der Waals surface area contributed by atoms with Crippen molar-refractivity contribution in [1.82, 2.24) is 5.32 Å². The first-order valence-corrected chi connectivity index (χ1v) is 7.60. The van der Waals surface area contributed by atoms with E-state index >= 15 is 0 Å². The number of hydrogen-bond donors (Lipinski definition) is 1. The van der Waals surface area contributed by atoms with Gasteiger partial charge in [0.25, 0.3) is 0 Å². The van der Waals surface area contributed by atoms with Crippen molar-refractivity contribution >= 4 is 22.6 Å². The molecular weight excluding hydrogens is 274 g/mol. The van der Waals surface area contributed by atoms with E-state index in [0.29, 0.717) is 17.2 Å². The van der Waals surface area contributed by atoms with Gasteiger partial charge in [0, 0.05) is 36.8 Å². The van der Waals surface area contributed by atoms with Crippen molar-refractivity contribution in [2.45, 2.75) is 32.4 Å². The molecule has 1 fully saturated rings. The molecule has 0 saturated carbocycles. The Balaban J connectivity index is 1.68. The molecule has 1 aliphatic rings. The summed E-state index contributed by atoms with van der Waals surface area (Å²) in [5.74, 6) is 0.681. The first-order valence-electron chi connectivity index (χ1n) is 7.22. The minimum absolute atomic E-state index is 0.462. The highest BCUT2D eigenvalue weighted by Crippen LogP contribution is 2.29. The van der Waals surface area contributed by atoms with Crippen molar-refractivity contribution < 1.29 is 9.15 Å². The van der Waals surface area contributed by atoms with Crippen molar-refractivity contribution in [3.63, 3.8) is 0 Å². The third-order valence-electron chi connectivity index (χ3n) is 4.22. The molecule has 1 aromatic heterocycles. The van der Waals surface area contributed by atoms with Crippen molar-refractivity contribution in [3.8, 4) is 0 Å². The summed E-state index contributed by atoms with van der Waals surface area (Å²) < 4.78 is 11.0. The van der Waals surface area contributed by atoms with Crippen LogP contribution >= 0.6 is 11.6 Å². The SMILES string of the molecule is CC(NCc1c(Cl)oc2ccccc12)C1CCOCC1. The molecule has 3 nitrogen and oxygen atoms in total. The second-order valence-electron chi connectivity index (χ2n) is 5.47. The number of halogens is 1. The molecule has 1 N–H and O–H groups in total. The number of para-hydroxylation sites is 1. The third-order valence-corrected chi connectivity index (χ3v) is 4.53. The first kappa shape index (κ1) is 13.9. The van der Waals surface area contributed by atoms with Gasteiger partial charge in [0.2, 0.25) is 0 Å². The fraction of sp³-hybridized carbons (Fsp3) is 0.500. The molecular formula is C16H20ClNO2. The fourth-order valence-electron chi connectivity index (χ4n) is 2.88. The lowest BCUT2D eigenvalue weighted by atomic mass is 9.93. The van der Waals surface area contributed by atoms with Crippen LogP contribution in [-0.4, -0.2) is 19.3 Å². The summed E-state index contributed by atoms with van der Waals surface area (Å²) in [5, 5.41) is 5.19. The standard InChI is InChI=1S/C16H20ClNO2/c1-11(12-6-8-19-9-7-12)18-10-14-13-4-2-3-5-15(13)20-16(14)17/h2-5,11-12,18H,6-10H2,1H3. The highest BCUT2D eigenvalue weighted by atomic mass is 35.5. The van der Waals surface area contributed by atoms with Gasteiger partial charge in [-0.15, -0.1) is 0 Å². The predicted octanol–water partition coefficient (Wildman–Crippen LogP) is 3.99. The monoisotopic (exact) mass is 293 g/mol. The van der Waals surface area contributed by atoms with Crippen LogP contribution in [0.3, 0.4) is 0 Å². The summed E-state index contributed by atoms with van der Waals surface area (Å²) in [6.45, 7) is 4.75. The van der Waals surface area contributed by atoms with E-state index in [-0.39, 0.29) is 0 Å². The number of ether oxygens (including phenoxy) is 1. The maximum Gasteiger partial charge on any atom is 0.199 e. The Labute approximate surface area is 124 Å². The normalized spacial score (nSPS) is 18.5. The van der Waals surface area contributed by atoms with Crippen molar-refractivity contribution in [2.75, 3.05) is 13.2 Å². The summed E-state index contributed by atoms with van der Waals surface area (Å²) in [5.41, 5.74) is 1.91. The van der Waals surface area contributed by atoms with E-state index in [9.17, 15) is 0 Å². The average Bonchev–Trinajstić information content (AvgIpc) is 2.81. The molecule has 3 rings (SSSR count). The van der Waals surface area contributed by atoms with Gasteiger partial charge in [0.05, 0.1) is 0 Å². The van der Waals surface area contributed by atoms with Gasteiger partial charge >= 0.3 is 0 Å². The highest BCUT2D eigenvalue weighted by molar-refractivity contribution is 6.30. The lowest BCUT2D eigenvalue weighted by Gasteiger charge is -2.28. The van der Waals surface area contributed by atoms with Crippen molar-refractivity contribution in [3.05, 3.63) is 35.0 Å². The maximum absolute atomic E-state index is 6.21. The van der Waals surface area contributed by atoms with E-state index in [2.05, 4.69) is 18.3 Å². The Kier molecular flexibility index (Phi) is 4.29. The molecule has 1 unspecified atom stereocenters. The first-order chi connectivity index (χ1) is 9.75. The Hall–Kier alpha value is -1.03. The van der Waals surface area contributed by atoms with Gasteiger partial charge in [0.1, 0.15) is 5.58 Å². The average molecular weight is 294 g/mol. The number of nitrogens with one attached hydrogen (secondary N) is 1. The van der Waals surface area contributed by atoms with Crippen LogP contribution in [0, 0.1) is 5.92 Å². The molecule has 1 saturated heterocycles. The molecule has 0 radical (unpaired) electrons. The van der Waals surface area contributed by atoms with Gasteiger partial charge in [-0.3, -0.25) is 0 Å². The quantitative estimate of drug-likeness (QED) is 0.925. The predicted molar refractivity (Wildman–Crippen MR) is 81.1 cm³/mol. The van der Waals surface area contributed by atoms with Gasteiger partial charge < -0.3 is 14.5 Å². The van der Waals surface area contributed by atoms with E-state index in [1.54, 1.807) is 0 Å². The van der Waals surface area contributed by atoms with Crippen molar-refractivity contribution in [2.24, 2.45) is 5.92 Å². The smallest absolute Gasteiger partial charge is 0.199 e. The largest absolute Gasteiger partial charge is 0.444 e. The molecule has 4 heteroatoms. The molecule has 1 aliphatic heterocycles. The van der Waals surface area contributed by atoms with Gasteiger partial charge in [-0.2, -0.15) is 0 Å². The number of hydrogen-bond acceptors (Lipinski definition) is 3. The molecule has 2 aromatic rings. The van der Waals surface area contributed by atoms with E-state index in [4.69, 9.17) is 20.8 Å². The van der Waals surface area contributed by atoms with Crippen LogP contribution in [0.4, 0.5) is 0 Å². The molecule has 2 heterocycles. The molecule has 0 bridgehead atoms. The molecule has 108 valence electrons. The number of furan rings is 1. The van der Waals surface area contributed by atoms with E-state index in [0.717, 1.165) is 49.1 Å². The van der Waals surface area contributed by atoms with Crippen LogP contribution in [-0.2, 0) is 11.3 Å². The molecule has 1 atom stereocenters. The van der Waals surface area contributed by atoms with Crippen LogP contribution in [0.25, 0.3) is 11.0 Å². The lowest BCUT2D eigenvalue weighted by molar-refractivity contribution is 0.0558. The summed E-state index contributed by atoms with van der Waals surface area (Å²) in [6.07, 6.45) is 2.27. The van der Waals surface area contributed by atoms with Crippen LogP contribution in [0.2, 0.25) is 5.22 Å². The number of benzene rings is 1. The second kappa shape index (κ2) is 6.17. The Morgan fingerprint density at radius 3 is 2.85 bits per heavy atom. The molecule has 0 amide bonds. The zero-order chi connectivity index (χ0) is 13.9. The van der Waals surface area contributed by atoms with E-state index in [1.165, 1.54) is 0 Å².